The highest BCUT2D eigenvalue weighted by atomic mass is 16.3. The van der Waals surface area contributed by atoms with Gasteiger partial charge in [0.25, 0.3) is 0 Å². The molecule has 4 N–H and O–H groups in total. The first-order valence-corrected chi connectivity index (χ1v) is 8.27. The molecule has 1 aliphatic carbocycles. The lowest BCUT2D eigenvalue weighted by Crippen LogP contribution is -2.47. The van der Waals surface area contributed by atoms with Crippen LogP contribution in [0.1, 0.15) is 12.0 Å². The Morgan fingerprint density at radius 1 is 0.958 bits per heavy atom. The molecule has 0 bridgehead atoms. The van der Waals surface area contributed by atoms with E-state index in [9.17, 15) is 20.4 Å². The van der Waals surface area contributed by atoms with Gasteiger partial charge in [0, 0.05) is 50.7 Å². The molecule has 0 radical (unpaired) electrons. The van der Waals surface area contributed by atoms with Gasteiger partial charge >= 0.3 is 0 Å². The topological polar surface area (TPSA) is 87.4 Å². The van der Waals surface area contributed by atoms with Gasteiger partial charge in [-0.2, -0.15) is 0 Å². The summed E-state index contributed by atoms with van der Waals surface area (Å²) in [4.78, 5) is 4.52. The van der Waals surface area contributed by atoms with E-state index in [2.05, 4.69) is 9.80 Å². The van der Waals surface area contributed by atoms with Gasteiger partial charge in [-0.1, -0.05) is 18.2 Å². The fourth-order valence-electron chi connectivity index (χ4n) is 3.30. The van der Waals surface area contributed by atoms with E-state index in [-0.39, 0.29) is 28.9 Å². The number of phenols is 2. The molecule has 0 aromatic heterocycles. The third-order valence-corrected chi connectivity index (χ3v) is 4.78. The maximum atomic E-state index is 9.96. The minimum absolute atomic E-state index is 0.0238. The van der Waals surface area contributed by atoms with Crippen molar-refractivity contribution in [1.82, 2.24) is 9.80 Å². The van der Waals surface area contributed by atoms with Crippen LogP contribution in [0.3, 0.4) is 0 Å². The zero-order chi connectivity index (χ0) is 17.1. The Morgan fingerprint density at radius 2 is 1.67 bits per heavy atom. The maximum absolute atomic E-state index is 9.96. The number of piperazine rings is 1. The quantitative estimate of drug-likeness (QED) is 0.632. The van der Waals surface area contributed by atoms with Crippen molar-refractivity contribution in [1.29, 1.82) is 0 Å². The summed E-state index contributed by atoms with van der Waals surface area (Å²) in [6, 6.07) is 5.03. The largest absolute Gasteiger partial charge is 0.508 e. The monoisotopic (exact) mass is 332 g/mol. The highest BCUT2D eigenvalue weighted by molar-refractivity contribution is 5.44. The van der Waals surface area contributed by atoms with E-state index in [1.807, 2.05) is 12.1 Å². The van der Waals surface area contributed by atoms with Crippen LogP contribution < -0.4 is 0 Å². The Bertz CT molecular complexity index is 648. The molecule has 6 heteroatoms. The molecule has 6 nitrogen and oxygen atoms in total. The third-order valence-electron chi connectivity index (χ3n) is 4.78. The minimum Gasteiger partial charge on any atom is -0.508 e. The van der Waals surface area contributed by atoms with E-state index in [1.165, 1.54) is 6.07 Å². The molecule has 3 rings (SSSR count). The minimum atomic E-state index is -0.0847. The molecule has 1 saturated heterocycles. The van der Waals surface area contributed by atoms with Crippen molar-refractivity contribution < 1.29 is 20.4 Å². The summed E-state index contributed by atoms with van der Waals surface area (Å²) in [5.74, 6) is -0.108. The lowest BCUT2D eigenvalue weighted by atomic mass is 9.96. The second-order valence-electron chi connectivity index (χ2n) is 6.47. The van der Waals surface area contributed by atoms with Gasteiger partial charge in [0.05, 0.1) is 0 Å². The summed E-state index contributed by atoms with van der Waals surface area (Å²) < 4.78 is 0. The number of hydrogen-bond acceptors (Lipinski definition) is 6. The molecule has 1 fully saturated rings. The Hall–Kier alpha value is -2.18. The van der Waals surface area contributed by atoms with Crippen LogP contribution >= 0.6 is 0 Å². The predicted octanol–water partition coefficient (Wildman–Crippen LogP) is 2.12. The van der Waals surface area contributed by atoms with Crippen LogP contribution in [0.4, 0.5) is 0 Å². The zero-order valence-corrected chi connectivity index (χ0v) is 13.6. The average Bonchev–Trinajstić information content (AvgIpc) is 2.58. The summed E-state index contributed by atoms with van der Waals surface area (Å²) >= 11 is 0. The van der Waals surface area contributed by atoms with E-state index in [0.717, 1.165) is 44.7 Å². The predicted molar refractivity (Wildman–Crippen MR) is 91.0 cm³/mol. The van der Waals surface area contributed by atoms with Gasteiger partial charge in [0.15, 0.2) is 17.3 Å². The van der Waals surface area contributed by atoms with E-state index in [0.29, 0.717) is 6.54 Å². The molecule has 24 heavy (non-hydrogen) atoms. The summed E-state index contributed by atoms with van der Waals surface area (Å²) in [6.07, 6.45) is 4.18. The van der Waals surface area contributed by atoms with Crippen LogP contribution in [0, 0.1) is 5.92 Å². The normalized spacial score (nSPS) is 22.9. The molecular weight excluding hydrogens is 308 g/mol. The molecule has 1 unspecified atom stereocenters. The summed E-state index contributed by atoms with van der Waals surface area (Å²) in [7, 11) is 0. The van der Waals surface area contributed by atoms with Crippen molar-refractivity contribution in [2.75, 3.05) is 32.7 Å². The number of para-hydroxylation sites is 1. The van der Waals surface area contributed by atoms with Gasteiger partial charge < -0.3 is 25.3 Å². The van der Waals surface area contributed by atoms with Crippen molar-refractivity contribution in [2.45, 2.75) is 13.0 Å². The molecule has 0 spiro atoms. The van der Waals surface area contributed by atoms with Crippen molar-refractivity contribution in [2.24, 2.45) is 5.92 Å². The molecule has 130 valence electrons. The average molecular weight is 332 g/mol. The standard InChI is InChI=1S/C18H24N2O4/c21-15-5-1-3-13(17(15)23)11-19-7-9-20(10-8-19)12-14-4-2-6-16(22)18(14)24/h1-3,5-6,14,21-24H,4,7-12H2. The Labute approximate surface area is 141 Å². The van der Waals surface area contributed by atoms with Crippen LogP contribution in [-0.4, -0.2) is 62.9 Å². The molecule has 0 saturated carbocycles. The fraction of sp³-hybridized carbons (Fsp3) is 0.444. The van der Waals surface area contributed by atoms with Crippen LogP contribution in [-0.2, 0) is 6.54 Å². The highest BCUT2D eigenvalue weighted by Crippen LogP contribution is 2.29. The Kier molecular flexibility index (Phi) is 4.97. The van der Waals surface area contributed by atoms with Crippen molar-refractivity contribution >= 4 is 0 Å². The summed E-state index contributed by atoms with van der Waals surface area (Å²) in [5.41, 5.74) is 0.728. The second-order valence-corrected chi connectivity index (χ2v) is 6.47. The number of rotatable bonds is 4. The van der Waals surface area contributed by atoms with Crippen molar-refractivity contribution in [3.63, 3.8) is 0 Å². The first-order valence-electron chi connectivity index (χ1n) is 8.27. The van der Waals surface area contributed by atoms with Gasteiger partial charge in [0.1, 0.15) is 5.76 Å². The van der Waals surface area contributed by atoms with Crippen LogP contribution in [0.5, 0.6) is 11.5 Å². The first-order chi connectivity index (χ1) is 11.5. The lowest BCUT2D eigenvalue weighted by molar-refractivity contribution is 0.108. The van der Waals surface area contributed by atoms with Crippen LogP contribution in [0.25, 0.3) is 0 Å². The SMILES string of the molecule is OC1=C(O)C(CN2CCN(Cc3cccc(O)c3O)CC2)CC=C1. The maximum Gasteiger partial charge on any atom is 0.161 e. The molecule has 0 amide bonds. The number of aromatic hydroxyl groups is 2. The number of aliphatic hydroxyl groups is 2. The van der Waals surface area contributed by atoms with E-state index in [4.69, 9.17) is 0 Å². The summed E-state index contributed by atoms with van der Waals surface area (Å²) in [6.45, 7) is 4.78. The summed E-state index contributed by atoms with van der Waals surface area (Å²) in [5, 5.41) is 39.0. The molecule has 1 heterocycles. The third kappa shape index (κ3) is 3.66. The number of phenolic OH excluding ortho intramolecular Hbond substituents is 2. The molecule has 1 aromatic rings. The Balaban J connectivity index is 1.51. The van der Waals surface area contributed by atoms with E-state index >= 15 is 0 Å². The highest BCUT2D eigenvalue weighted by Gasteiger charge is 2.25. The number of aliphatic hydroxyl groups excluding tert-OH is 2. The molecular formula is C18H24N2O4. The van der Waals surface area contributed by atoms with Gasteiger partial charge in [-0.25, -0.2) is 0 Å². The number of nitrogens with zero attached hydrogens (tertiary/aromatic N) is 2. The lowest BCUT2D eigenvalue weighted by Gasteiger charge is -2.36. The van der Waals surface area contributed by atoms with Gasteiger partial charge in [-0.05, 0) is 18.6 Å². The van der Waals surface area contributed by atoms with Gasteiger partial charge in [0.2, 0.25) is 0 Å². The molecule has 1 aromatic carbocycles. The van der Waals surface area contributed by atoms with Crippen LogP contribution in [0.2, 0.25) is 0 Å². The fourth-order valence-corrected chi connectivity index (χ4v) is 3.30. The first kappa shape index (κ1) is 16.7. The van der Waals surface area contributed by atoms with E-state index in [1.54, 1.807) is 12.1 Å². The molecule has 2 aliphatic rings. The van der Waals surface area contributed by atoms with Crippen LogP contribution in [0.15, 0.2) is 41.9 Å². The number of allylic oxidation sites excluding steroid dienone is 2. The zero-order valence-electron chi connectivity index (χ0n) is 13.6. The van der Waals surface area contributed by atoms with Gasteiger partial charge in [-0.3, -0.25) is 4.90 Å². The second kappa shape index (κ2) is 7.15. The van der Waals surface area contributed by atoms with E-state index < -0.39 is 0 Å². The Morgan fingerprint density at radius 3 is 2.42 bits per heavy atom. The van der Waals surface area contributed by atoms with Crippen molar-refractivity contribution in [3.8, 4) is 11.5 Å². The smallest absolute Gasteiger partial charge is 0.161 e. The van der Waals surface area contributed by atoms with Gasteiger partial charge in [-0.15, -0.1) is 0 Å². The number of hydrogen-bond donors (Lipinski definition) is 4. The van der Waals surface area contributed by atoms with Crippen molar-refractivity contribution in [3.05, 3.63) is 47.4 Å². The number of benzene rings is 1. The molecule has 1 aliphatic heterocycles. The molecule has 1 atom stereocenters.